The molecule has 1 heterocycles. The van der Waals surface area contributed by atoms with Gasteiger partial charge in [0.05, 0.1) is 17.6 Å². The van der Waals surface area contributed by atoms with Crippen LogP contribution in [0.4, 0.5) is 30.6 Å². The first kappa shape index (κ1) is 32.7. The van der Waals surface area contributed by atoms with Gasteiger partial charge in [-0.15, -0.1) is 12.4 Å². The SMILES string of the molecule is CS(=O)(=O)Nc1ccc(Oc2ccc(CN3CCC(NC(=O)N(c4ccc(F)cc4)c4ccc(F)cc4)CC3)cc2)cc1.Cl. The molecule has 4 aromatic carbocycles. The summed E-state index contributed by atoms with van der Waals surface area (Å²) in [6, 6.07) is 25.3. The fraction of sp³-hybridized carbons (Fsp3) is 0.219. The molecule has 0 atom stereocenters. The standard InChI is InChI=1S/C32H32F2N4O4S.ClH/c1-43(40,41)36-27-8-16-31(17-9-27)42-30-14-2-23(3-15-30)22-37-20-18-26(19-21-37)35-32(39)38(28-10-4-24(33)5-11-28)29-12-6-25(34)7-13-29;/h2-17,26,36H,18-22H2,1H3,(H,35,39);1H. The highest BCUT2D eigenvalue weighted by Gasteiger charge is 2.25. The van der Waals surface area contributed by atoms with Gasteiger partial charge in [0.15, 0.2) is 0 Å². The number of likely N-dealkylation sites (tertiary alicyclic amines) is 1. The number of hydrogen-bond acceptors (Lipinski definition) is 5. The molecule has 44 heavy (non-hydrogen) atoms. The van der Waals surface area contributed by atoms with Crippen molar-refractivity contribution in [2.75, 3.05) is 29.0 Å². The van der Waals surface area contributed by atoms with Crippen LogP contribution in [0, 0.1) is 11.6 Å². The van der Waals surface area contributed by atoms with Crippen molar-refractivity contribution >= 4 is 45.5 Å². The molecular formula is C32H33ClF2N4O4S. The van der Waals surface area contributed by atoms with Crippen molar-refractivity contribution in [2.24, 2.45) is 0 Å². The van der Waals surface area contributed by atoms with E-state index >= 15 is 0 Å². The molecule has 0 unspecified atom stereocenters. The predicted octanol–water partition coefficient (Wildman–Crippen LogP) is 7.06. The van der Waals surface area contributed by atoms with Crippen LogP contribution in [0.15, 0.2) is 97.1 Å². The predicted molar refractivity (Wildman–Crippen MR) is 170 cm³/mol. The molecule has 1 saturated heterocycles. The Labute approximate surface area is 262 Å². The van der Waals surface area contributed by atoms with Crippen molar-refractivity contribution in [3.8, 4) is 11.5 Å². The number of sulfonamides is 1. The van der Waals surface area contributed by atoms with Crippen molar-refractivity contribution < 1.29 is 26.7 Å². The highest BCUT2D eigenvalue weighted by Crippen LogP contribution is 2.27. The van der Waals surface area contributed by atoms with Crippen molar-refractivity contribution in [1.82, 2.24) is 10.2 Å². The number of piperidine rings is 1. The summed E-state index contributed by atoms with van der Waals surface area (Å²) in [5, 5.41) is 3.10. The van der Waals surface area contributed by atoms with Gasteiger partial charge in [-0.3, -0.25) is 14.5 Å². The number of carbonyl (C=O) groups is 1. The lowest BCUT2D eigenvalue weighted by Gasteiger charge is -2.34. The molecule has 0 aliphatic carbocycles. The number of rotatable bonds is 9. The fourth-order valence-electron chi connectivity index (χ4n) is 4.90. The van der Waals surface area contributed by atoms with E-state index in [1.165, 1.54) is 53.4 Å². The number of amides is 2. The van der Waals surface area contributed by atoms with Crippen LogP contribution in [0.2, 0.25) is 0 Å². The lowest BCUT2D eigenvalue weighted by Crippen LogP contribution is -2.48. The summed E-state index contributed by atoms with van der Waals surface area (Å²) in [5.41, 5.74) is 2.56. The van der Waals surface area contributed by atoms with Crippen LogP contribution in [-0.4, -0.2) is 44.7 Å². The highest BCUT2D eigenvalue weighted by molar-refractivity contribution is 7.92. The first-order valence-corrected chi connectivity index (χ1v) is 15.7. The van der Waals surface area contributed by atoms with Gasteiger partial charge in [0, 0.05) is 31.4 Å². The van der Waals surface area contributed by atoms with Crippen molar-refractivity contribution in [3.05, 3.63) is 114 Å². The molecule has 1 fully saturated rings. The molecule has 12 heteroatoms. The largest absolute Gasteiger partial charge is 0.457 e. The third kappa shape index (κ3) is 9.15. The van der Waals surface area contributed by atoms with Gasteiger partial charge in [-0.1, -0.05) is 12.1 Å². The summed E-state index contributed by atoms with van der Waals surface area (Å²) in [6.07, 6.45) is 2.62. The summed E-state index contributed by atoms with van der Waals surface area (Å²) in [7, 11) is -3.34. The highest BCUT2D eigenvalue weighted by atomic mass is 35.5. The third-order valence-electron chi connectivity index (χ3n) is 7.01. The average molecular weight is 643 g/mol. The summed E-state index contributed by atoms with van der Waals surface area (Å²) in [6.45, 7) is 2.35. The molecule has 0 bridgehead atoms. The number of hydrogen-bond donors (Lipinski definition) is 2. The van der Waals surface area contributed by atoms with Crippen molar-refractivity contribution in [1.29, 1.82) is 0 Å². The molecule has 232 valence electrons. The maximum absolute atomic E-state index is 13.5. The van der Waals surface area contributed by atoms with E-state index in [1.807, 2.05) is 24.3 Å². The minimum absolute atomic E-state index is 0. The lowest BCUT2D eigenvalue weighted by atomic mass is 10.0. The molecule has 0 saturated carbocycles. The Kier molecular flexibility index (Phi) is 10.8. The lowest BCUT2D eigenvalue weighted by molar-refractivity contribution is 0.189. The Morgan fingerprint density at radius 1 is 0.818 bits per heavy atom. The van der Waals surface area contributed by atoms with Gasteiger partial charge in [-0.2, -0.15) is 0 Å². The number of nitrogens with one attached hydrogen (secondary N) is 2. The second-order valence-electron chi connectivity index (χ2n) is 10.4. The van der Waals surface area contributed by atoms with Gasteiger partial charge in [-0.25, -0.2) is 22.0 Å². The number of carbonyl (C=O) groups excluding carboxylic acids is 1. The van der Waals surface area contributed by atoms with E-state index in [2.05, 4.69) is 14.9 Å². The monoisotopic (exact) mass is 642 g/mol. The summed E-state index contributed by atoms with van der Waals surface area (Å²) in [5.74, 6) is 0.441. The fourth-order valence-corrected chi connectivity index (χ4v) is 5.47. The zero-order valence-electron chi connectivity index (χ0n) is 24.0. The average Bonchev–Trinajstić information content (AvgIpc) is 2.97. The van der Waals surface area contributed by atoms with Crippen molar-refractivity contribution in [2.45, 2.75) is 25.4 Å². The zero-order chi connectivity index (χ0) is 30.4. The van der Waals surface area contributed by atoms with Gasteiger partial charge >= 0.3 is 6.03 Å². The number of ether oxygens (including phenoxy) is 1. The summed E-state index contributed by atoms with van der Waals surface area (Å²) >= 11 is 0. The third-order valence-corrected chi connectivity index (χ3v) is 7.62. The number of anilines is 3. The number of urea groups is 1. The van der Waals surface area contributed by atoms with Crippen molar-refractivity contribution in [3.63, 3.8) is 0 Å². The maximum atomic E-state index is 13.5. The molecule has 4 aromatic rings. The zero-order valence-corrected chi connectivity index (χ0v) is 25.6. The van der Waals surface area contributed by atoms with E-state index in [0.29, 0.717) is 28.6 Å². The van der Waals surface area contributed by atoms with Gasteiger partial charge in [0.2, 0.25) is 10.0 Å². The van der Waals surface area contributed by atoms with E-state index < -0.39 is 21.7 Å². The van der Waals surface area contributed by atoms with Crippen LogP contribution in [0.5, 0.6) is 11.5 Å². The molecule has 1 aliphatic rings. The van der Waals surface area contributed by atoms with Crippen LogP contribution < -0.4 is 19.7 Å². The normalized spacial score (nSPS) is 13.9. The molecular weight excluding hydrogens is 610 g/mol. The molecule has 2 N–H and O–H groups in total. The minimum atomic E-state index is -3.34. The van der Waals surface area contributed by atoms with Crippen LogP contribution in [0.3, 0.4) is 0 Å². The first-order valence-electron chi connectivity index (χ1n) is 13.8. The molecule has 2 amide bonds. The van der Waals surface area contributed by atoms with Gasteiger partial charge in [-0.05, 0) is 103 Å². The number of benzene rings is 4. The van der Waals surface area contributed by atoms with E-state index in [9.17, 15) is 22.0 Å². The molecule has 1 aliphatic heterocycles. The second kappa shape index (κ2) is 14.5. The summed E-state index contributed by atoms with van der Waals surface area (Å²) < 4.78 is 58.1. The molecule has 0 aromatic heterocycles. The topological polar surface area (TPSA) is 91.0 Å². The molecule has 8 nitrogen and oxygen atoms in total. The maximum Gasteiger partial charge on any atom is 0.326 e. The Morgan fingerprint density at radius 2 is 1.30 bits per heavy atom. The first-order chi connectivity index (χ1) is 20.6. The Bertz CT molecular complexity index is 1590. The smallest absolute Gasteiger partial charge is 0.326 e. The van der Waals surface area contributed by atoms with Gasteiger partial charge in [0.25, 0.3) is 0 Å². The van der Waals surface area contributed by atoms with Gasteiger partial charge in [0.1, 0.15) is 23.1 Å². The van der Waals surface area contributed by atoms with E-state index in [4.69, 9.17) is 4.74 Å². The summed E-state index contributed by atoms with van der Waals surface area (Å²) in [4.78, 5) is 17.1. The Balaban J connectivity index is 0.00000442. The van der Waals surface area contributed by atoms with Gasteiger partial charge < -0.3 is 10.1 Å². The molecule has 0 radical (unpaired) electrons. The van der Waals surface area contributed by atoms with E-state index in [1.54, 1.807) is 24.3 Å². The minimum Gasteiger partial charge on any atom is -0.457 e. The number of halogens is 3. The van der Waals surface area contributed by atoms with Crippen LogP contribution >= 0.6 is 12.4 Å². The quantitative estimate of drug-likeness (QED) is 0.204. The van der Waals surface area contributed by atoms with Crippen LogP contribution in [-0.2, 0) is 16.6 Å². The second-order valence-corrected chi connectivity index (χ2v) is 12.2. The van der Waals surface area contributed by atoms with E-state index in [-0.39, 0.29) is 24.5 Å². The van der Waals surface area contributed by atoms with E-state index in [0.717, 1.165) is 44.3 Å². The molecule has 0 spiro atoms. The van der Waals surface area contributed by atoms with Crippen LogP contribution in [0.1, 0.15) is 18.4 Å². The number of nitrogens with zero attached hydrogens (tertiary/aromatic N) is 2. The Morgan fingerprint density at radius 3 is 1.77 bits per heavy atom. The Hall–Kier alpha value is -4.19. The molecule has 5 rings (SSSR count). The van der Waals surface area contributed by atoms with Crippen LogP contribution in [0.25, 0.3) is 0 Å².